The first-order chi connectivity index (χ1) is 14.4. The maximum Gasteiger partial charge on any atom is 0.300 e. The van der Waals surface area contributed by atoms with E-state index in [1.165, 1.54) is 30.3 Å². The molecule has 0 aromatic heterocycles. The quantitative estimate of drug-likeness (QED) is 0.354. The maximum atomic E-state index is 13.8. The van der Waals surface area contributed by atoms with Crippen molar-refractivity contribution in [1.82, 2.24) is 0 Å². The highest BCUT2D eigenvalue weighted by Crippen LogP contribution is 2.42. The molecule has 1 heterocycles. The zero-order valence-corrected chi connectivity index (χ0v) is 16.1. The summed E-state index contributed by atoms with van der Waals surface area (Å²) in [6, 6.07) is 15.5. The minimum atomic E-state index is -1.02. The molecule has 1 N–H and O–H groups in total. The number of anilines is 1. The number of carbonyl (C=O) groups excluding carboxylic acids is 2. The van der Waals surface area contributed by atoms with Crippen LogP contribution in [0.25, 0.3) is 5.76 Å². The molecule has 150 valence electrons. The molecule has 1 aliphatic rings. The topological polar surface area (TPSA) is 57.6 Å². The molecule has 0 spiro atoms. The fourth-order valence-electron chi connectivity index (χ4n) is 3.45. The molecule has 1 fully saturated rings. The van der Waals surface area contributed by atoms with Crippen LogP contribution in [0.4, 0.5) is 14.5 Å². The highest BCUT2D eigenvalue weighted by atomic mass is 35.5. The molecule has 0 radical (unpaired) electrons. The number of rotatable bonds is 3. The van der Waals surface area contributed by atoms with Crippen LogP contribution in [0.2, 0.25) is 5.02 Å². The monoisotopic (exact) mass is 425 g/mol. The number of hydrogen-bond acceptors (Lipinski definition) is 3. The summed E-state index contributed by atoms with van der Waals surface area (Å²) in [5.74, 6) is -3.39. The molecular formula is C23H14ClF2NO3. The summed E-state index contributed by atoms with van der Waals surface area (Å²) >= 11 is 5.97. The molecule has 1 aliphatic heterocycles. The molecule has 30 heavy (non-hydrogen) atoms. The Bertz CT molecular complexity index is 1170. The van der Waals surface area contributed by atoms with Gasteiger partial charge >= 0.3 is 0 Å². The van der Waals surface area contributed by atoms with Gasteiger partial charge in [-0.2, -0.15) is 0 Å². The molecule has 4 nitrogen and oxygen atoms in total. The second-order valence-corrected chi connectivity index (χ2v) is 7.14. The fraction of sp³-hybridized carbons (Fsp3) is 0.0435. The van der Waals surface area contributed by atoms with Crippen LogP contribution in [0.1, 0.15) is 17.2 Å². The third-order valence-electron chi connectivity index (χ3n) is 4.83. The van der Waals surface area contributed by atoms with Crippen LogP contribution in [-0.4, -0.2) is 16.8 Å². The number of carbonyl (C=O) groups is 2. The summed E-state index contributed by atoms with van der Waals surface area (Å²) in [4.78, 5) is 26.9. The standard InChI is InChI=1S/C23H14ClF2NO3/c24-15-8-4-13(5-9-15)20-19(21(28)14-6-10-16(25)11-7-14)22(29)23(30)27(20)18-3-1-2-17(26)12-18/h1-12,20,28H/b21-19+. The number of nitrogens with zero attached hydrogens (tertiary/aromatic N) is 1. The van der Waals surface area contributed by atoms with Gasteiger partial charge in [0.25, 0.3) is 11.7 Å². The van der Waals surface area contributed by atoms with Crippen molar-refractivity contribution < 1.29 is 23.5 Å². The van der Waals surface area contributed by atoms with Crippen LogP contribution >= 0.6 is 11.6 Å². The van der Waals surface area contributed by atoms with Gasteiger partial charge in [0.2, 0.25) is 0 Å². The molecule has 1 atom stereocenters. The molecule has 0 aliphatic carbocycles. The molecule has 1 unspecified atom stereocenters. The molecule has 4 rings (SSSR count). The number of amides is 1. The van der Waals surface area contributed by atoms with Crippen LogP contribution < -0.4 is 4.90 Å². The zero-order chi connectivity index (χ0) is 21.4. The lowest BCUT2D eigenvalue weighted by Crippen LogP contribution is -2.29. The third kappa shape index (κ3) is 3.46. The van der Waals surface area contributed by atoms with E-state index in [2.05, 4.69) is 0 Å². The van der Waals surface area contributed by atoms with E-state index >= 15 is 0 Å². The number of hydrogen-bond donors (Lipinski definition) is 1. The van der Waals surface area contributed by atoms with Crippen molar-refractivity contribution in [3.05, 3.63) is 106 Å². The molecule has 7 heteroatoms. The molecule has 0 bridgehead atoms. The van der Waals surface area contributed by atoms with Crippen molar-refractivity contribution in [3.63, 3.8) is 0 Å². The summed E-state index contributed by atoms with van der Waals surface area (Å²) in [6.45, 7) is 0. The van der Waals surface area contributed by atoms with E-state index in [0.29, 0.717) is 10.6 Å². The van der Waals surface area contributed by atoms with Gasteiger partial charge in [0, 0.05) is 16.3 Å². The highest BCUT2D eigenvalue weighted by molar-refractivity contribution is 6.51. The minimum absolute atomic E-state index is 0.162. The number of ketones is 1. The van der Waals surface area contributed by atoms with Gasteiger partial charge in [-0.15, -0.1) is 0 Å². The van der Waals surface area contributed by atoms with Crippen LogP contribution in [0.5, 0.6) is 0 Å². The lowest BCUT2D eigenvalue weighted by molar-refractivity contribution is -0.132. The predicted molar refractivity (Wildman–Crippen MR) is 109 cm³/mol. The average Bonchev–Trinajstić information content (AvgIpc) is 2.99. The van der Waals surface area contributed by atoms with Gasteiger partial charge in [0.15, 0.2) is 0 Å². The second-order valence-electron chi connectivity index (χ2n) is 6.71. The van der Waals surface area contributed by atoms with Crippen molar-refractivity contribution in [2.24, 2.45) is 0 Å². The number of aliphatic hydroxyl groups excluding tert-OH is 1. The number of benzene rings is 3. The van der Waals surface area contributed by atoms with Crippen molar-refractivity contribution in [2.75, 3.05) is 4.90 Å². The van der Waals surface area contributed by atoms with E-state index in [4.69, 9.17) is 11.6 Å². The first-order valence-electron chi connectivity index (χ1n) is 8.95. The van der Waals surface area contributed by atoms with Crippen molar-refractivity contribution >= 4 is 34.7 Å². The molecular weight excluding hydrogens is 412 g/mol. The Morgan fingerprint density at radius 2 is 1.57 bits per heavy atom. The summed E-state index contributed by atoms with van der Waals surface area (Å²) in [6.07, 6.45) is 0. The van der Waals surface area contributed by atoms with E-state index < -0.39 is 35.1 Å². The van der Waals surface area contributed by atoms with Gasteiger partial charge in [-0.05, 0) is 60.2 Å². The van der Waals surface area contributed by atoms with Crippen LogP contribution in [-0.2, 0) is 9.59 Å². The smallest absolute Gasteiger partial charge is 0.300 e. The Hall–Kier alpha value is -3.51. The second kappa shape index (κ2) is 7.72. The zero-order valence-electron chi connectivity index (χ0n) is 15.4. The number of aliphatic hydroxyl groups is 1. The largest absolute Gasteiger partial charge is 0.507 e. The fourth-order valence-corrected chi connectivity index (χ4v) is 3.57. The Balaban J connectivity index is 1.95. The van der Waals surface area contributed by atoms with Crippen LogP contribution in [0.15, 0.2) is 78.4 Å². The van der Waals surface area contributed by atoms with Gasteiger partial charge in [-0.1, -0.05) is 29.8 Å². The normalized spacial score (nSPS) is 18.1. The van der Waals surface area contributed by atoms with E-state index in [-0.39, 0.29) is 16.8 Å². The number of halogens is 3. The Labute approximate surface area is 175 Å². The number of Topliss-reactive ketones (excluding diaryl/α,β-unsaturated/α-hetero) is 1. The maximum absolute atomic E-state index is 13.8. The third-order valence-corrected chi connectivity index (χ3v) is 5.09. The molecule has 1 saturated heterocycles. The van der Waals surface area contributed by atoms with Gasteiger partial charge in [-0.25, -0.2) is 8.78 Å². The molecule has 3 aromatic carbocycles. The minimum Gasteiger partial charge on any atom is -0.507 e. The highest BCUT2D eigenvalue weighted by Gasteiger charge is 2.47. The van der Waals surface area contributed by atoms with Crippen LogP contribution in [0.3, 0.4) is 0 Å². The van der Waals surface area contributed by atoms with Crippen molar-refractivity contribution in [3.8, 4) is 0 Å². The van der Waals surface area contributed by atoms with E-state index in [1.54, 1.807) is 24.3 Å². The van der Waals surface area contributed by atoms with Gasteiger partial charge < -0.3 is 5.11 Å². The Morgan fingerprint density at radius 1 is 0.900 bits per heavy atom. The summed E-state index contributed by atoms with van der Waals surface area (Å²) in [7, 11) is 0. The Kier molecular flexibility index (Phi) is 5.10. The Morgan fingerprint density at radius 3 is 2.20 bits per heavy atom. The van der Waals surface area contributed by atoms with Crippen LogP contribution in [0, 0.1) is 11.6 Å². The first kappa shape index (κ1) is 19.8. The van der Waals surface area contributed by atoms with Gasteiger partial charge in [0.05, 0.1) is 11.6 Å². The SMILES string of the molecule is O=C1C(=O)N(c2cccc(F)c2)C(c2ccc(Cl)cc2)/C1=C(\O)c1ccc(F)cc1. The predicted octanol–water partition coefficient (Wildman–Crippen LogP) is 5.24. The molecule has 0 saturated carbocycles. The van der Waals surface area contributed by atoms with Gasteiger partial charge in [0.1, 0.15) is 17.4 Å². The average molecular weight is 426 g/mol. The molecule has 1 amide bonds. The van der Waals surface area contributed by atoms with E-state index in [1.807, 2.05) is 0 Å². The first-order valence-corrected chi connectivity index (χ1v) is 9.32. The van der Waals surface area contributed by atoms with Crippen molar-refractivity contribution in [1.29, 1.82) is 0 Å². The summed E-state index contributed by atoms with van der Waals surface area (Å²) < 4.78 is 27.1. The summed E-state index contributed by atoms with van der Waals surface area (Å²) in [5.41, 5.74) is 0.646. The lowest BCUT2D eigenvalue weighted by Gasteiger charge is -2.25. The van der Waals surface area contributed by atoms with E-state index in [0.717, 1.165) is 23.1 Å². The summed E-state index contributed by atoms with van der Waals surface area (Å²) in [5, 5.41) is 11.3. The molecule has 3 aromatic rings. The lowest BCUT2D eigenvalue weighted by atomic mass is 9.95. The van der Waals surface area contributed by atoms with Crippen molar-refractivity contribution in [2.45, 2.75) is 6.04 Å². The van der Waals surface area contributed by atoms with E-state index in [9.17, 15) is 23.5 Å². The van der Waals surface area contributed by atoms with Gasteiger partial charge in [-0.3, -0.25) is 14.5 Å².